The number of carbonyl (C=O) groups excluding carboxylic acids is 2. The van der Waals surface area contributed by atoms with Gasteiger partial charge in [-0.1, -0.05) is 48.5 Å². The maximum absolute atomic E-state index is 13.3. The van der Waals surface area contributed by atoms with Gasteiger partial charge in [0, 0.05) is 18.4 Å². The van der Waals surface area contributed by atoms with Crippen molar-refractivity contribution in [2.45, 2.75) is 63.1 Å². The number of hydrogen-bond acceptors (Lipinski definition) is 5. The summed E-state index contributed by atoms with van der Waals surface area (Å²) in [7, 11) is 0. The number of nitrogens with zero attached hydrogens (tertiary/aromatic N) is 2. The van der Waals surface area contributed by atoms with Crippen LogP contribution in [-0.4, -0.2) is 52.7 Å². The second kappa shape index (κ2) is 10.6. The van der Waals surface area contributed by atoms with Crippen molar-refractivity contribution in [2.24, 2.45) is 0 Å². The summed E-state index contributed by atoms with van der Waals surface area (Å²) >= 11 is 0. The van der Waals surface area contributed by atoms with E-state index in [1.54, 1.807) is 0 Å². The topological polar surface area (TPSA) is 120 Å². The Labute approximate surface area is 204 Å². The molecule has 0 radical (unpaired) electrons. The predicted molar refractivity (Wildman–Crippen MR) is 128 cm³/mol. The number of aliphatic carboxylic acids is 1. The number of amides is 2. The fourth-order valence-electron chi connectivity index (χ4n) is 4.76. The van der Waals surface area contributed by atoms with Gasteiger partial charge in [-0.05, 0) is 54.9 Å². The van der Waals surface area contributed by atoms with E-state index in [4.69, 9.17) is 10.00 Å². The summed E-state index contributed by atoms with van der Waals surface area (Å²) < 4.78 is 5.59. The van der Waals surface area contributed by atoms with Gasteiger partial charge in [-0.3, -0.25) is 4.79 Å². The maximum Gasteiger partial charge on any atom is 0.407 e. The molecular weight excluding hydrogens is 446 g/mol. The molecule has 2 aromatic rings. The molecule has 1 saturated carbocycles. The smallest absolute Gasteiger partial charge is 0.407 e. The van der Waals surface area contributed by atoms with Crippen LogP contribution >= 0.6 is 0 Å². The first-order valence-corrected chi connectivity index (χ1v) is 12.0. The van der Waals surface area contributed by atoms with E-state index < -0.39 is 30.1 Å². The molecule has 0 heterocycles. The van der Waals surface area contributed by atoms with Crippen LogP contribution in [0.15, 0.2) is 48.5 Å². The molecule has 2 N–H and O–H groups in total. The molecule has 2 aromatic carbocycles. The van der Waals surface area contributed by atoms with Gasteiger partial charge in [0.2, 0.25) is 5.91 Å². The number of unbranched alkanes of at least 4 members (excludes halogenated alkanes) is 1. The number of carbonyl (C=O) groups is 3. The van der Waals surface area contributed by atoms with Gasteiger partial charge < -0.3 is 20.1 Å². The number of alkyl carbamates (subject to hydrolysis) is 1. The Balaban J connectivity index is 1.45. The molecule has 8 nitrogen and oxygen atoms in total. The van der Waals surface area contributed by atoms with E-state index >= 15 is 0 Å². The van der Waals surface area contributed by atoms with Crippen molar-refractivity contribution < 1.29 is 24.2 Å². The molecule has 0 bridgehead atoms. The summed E-state index contributed by atoms with van der Waals surface area (Å²) in [6.07, 6.45) is 1.59. The van der Waals surface area contributed by atoms with Crippen molar-refractivity contribution in [1.82, 2.24) is 10.2 Å². The maximum atomic E-state index is 13.3. The zero-order valence-electron chi connectivity index (χ0n) is 19.6. The zero-order valence-corrected chi connectivity index (χ0v) is 19.6. The van der Waals surface area contributed by atoms with Crippen LogP contribution in [0.2, 0.25) is 0 Å². The van der Waals surface area contributed by atoms with Crippen molar-refractivity contribution >= 4 is 18.0 Å². The molecule has 2 aliphatic rings. The van der Waals surface area contributed by atoms with Gasteiger partial charge in [0.15, 0.2) is 0 Å². The van der Waals surface area contributed by atoms with Crippen LogP contribution in [0.25, 0.3) is 11.1 Å². The highest BCUT2D eigenvalue weighted by molar-refractivity contribution is 5.89. The van der Waals surface area contributed by atoms with Gasteiger partial charge in [-0.2, -0.15) is 5.26 Å². The van der Waals surface area contributed by atoms with E-state index in [1.165, 1.54) is 11.8 Å². The predicted octanol–water partition coefficient (Wildman–Crippen LogP) is 4.05. The van der Waals surface area contributed by atoms with Crippen LogP contribution < -0.4 is 5.32 Å². The first-order chi connectivity index (χ1) is 16.9. The van der Waals surface area contributed by atoms with Crippen molar-refractivity contribution in [3.05, 3.63) is 59.7 Å². The minimum absolute atomic E-state index is 0.108. The summed E-state index contributed by atoms with van der Waals surface area (Å²) in [5.74, 6) is -1.66. The second-order valence-electron chi connectivity index (χ2n) is 9.06. The van der Waals surface area contributed by atoms with Gasteiger partial charge in [0.25, 0.3) is 0 Å². The Bertz CT molecular complexity index is 1110. The Hall–Kier alpha value is -3.86. The van der Waals surface area contributed by atoms with E-state index in [-0.39, 0.29) is 31.4 Å². The normalized spacial score (nSPS) is 15.8. The minimum atomic E-state index is -1.10. The summed E-state index contributed by atoms with van der Waals surface area (Å²) in [6, 6.07) is 16.0. The fourth-order valence-corrected chi connectivity index (χ4v) is 4.76. The van der Waals surface area contributed by atoms with E-state index in [0.717, 1.165) is 35.1 Å². The van der Waals surface area contributed by atoms with Gasteiger partial charge in [0.1, 0.15) is 18.7 Å². The average molecular weight is 476 g/mol. The minimum Gasteiger partial charge on any atom is -0.480 e. The van der Waals surface area contributed by atoms with Gasteiger partial charge >= 0.3 is 12.1 Å². The molecule has 8 heteroatoms. The van der Waals surface area contributed by atoms with Crippen molar-refractivity contribution in [1.29, 1.82) is 5.26 Å². The third kappa shape index (κ3) is 5.29. The highest BCUT2D eigenvalue weighted by atomic mass is 16.5. The number of benzene rings is 2. The third-order valence-electron chi connectivity index (χ3n) is 6.68. The molecule has 0 saturated heterocycles. The van der Waals surface area contributed by atoms with Crippen LogP contribution in [0.3, 0.4) is 0 Å². The zero-order chi connectivity index (χ0) is 24.9. The molecule has 1 fully saturated rings. The largest absolute Gasteiger partial charge is 0.480 e. The lowest BCUT2D eigenvalue weighted by Gasteiger charge is -2.30. The summed E-state index contributed by atoms with van der Waals surface area (Å²) in [5.41, 5.74) is 4.39. The quantitative estimate of drug-likeness (QED) is 0.500. The SMILES string of the molecule is CC(C(=O)O)N(C(=O)C(CCCC#N)NC(=O)OCC1c2ccccc2-c2ccccc21)C1CC1. The molecule has 182 valence electrons. The third-order valence-corrected chi connectivity index (χ3v) is 6.68. The monoisotopic (exact) mass is 475 g/mol. The number of fused-ring (bicyclic) bond motifs is 3. The Morgan fingerprint density at radius 2 is 1.71 bits per heavy atom. The van der Waals surface area contributed by atoms with E-state index in [0.29, 0.717) is 6.42 Å². The molecule has 0 aliphatic heterocycles. The Morgan fingerprint density at radius 1 is 1.11 bits per heavy atom. The van der Waals surface area contributed by atoms with E-state index in [9.17, 15) is 19.5 Å². The lowest BCUT2D eigenvalue weighted by atomic mass is 9.98. The number of nitriles is 1. The molecular formula is C27H29N3O5. The summed E-state index contributed by atoms with van der Waals surface area (Å²) in [4.78, 5) is 39.0. The van der Waals surface area contributed by atoms with Crippen molar-refractivity contribution in [3.8, 4) is 17.2 Å². The first-order valence-electron chi connectivity index (χ1n) is 12.0. The molecule has 2 atom stereocenters. The second-order valence-corrected chi connectivity index (χ2v) is 9.06. The number of rotatable bonds is 10. The summed E-state index contributed by atoms with van der Waals surface area (Å²) in [5, 5.41) is 21.0. The van der Waals surface area contributed by atoms with Crippen LogP contribution in [-0.2, 0) is 14.3 Å². The molecule has 0 aromatic heterocycles. The van der Waals surface area contributed by atoms with Gasteiger partial charge in [-0.25, -0.2) is 9.59 Å². The van der Waals surface area contributed by atoms with E-state index in [1.807, 2.05) is 54.6 Å². The van der Waals surface area contributed by atoms with Crippen molar-refractivity contribution in [2.75, 3.05) is 6.61 Å². The summed E-state index contributed by atoms with van der Waals surface area (Å²) in [6.45, 7) is 1.58. The first kappa shape index (κ1) is 24.3. The fraction of sp³-hybridized carbons (Fsp3) is 0.407. The Morgan fingerprint density at radius 3 is 2.26 bits per heavy atom. The molecule has 2 amide bonds. The van der Waals surface area contributed by atoms with Crippen LogP contribution in [0.1, 0.15) is 56.1 Å². The highest BCUT2D eigenvalue weighted by Gasteiger charge is 2.41. The van der Waals surface area contributed by atoms with Crippen LogP contribution in [0.5, 0.6) is 0 Å². The lowest BCUT2D eigenvalue weighted by molar-refractivity contribution is -0.151. The van der Waals surface area contributed by atoms with Crippen LogP contribution in [0.4, 0.5) is 4.79 Å². The Kier molecular flexibility index (Phi) is 7.35. The standard InChI is InChI=1S/C27H29N3O5/c1-17(26(32)33)30(18-13-14-18)25(31)24(12-6-7-15-28)29-27(34)35-16-23-21-10-4-2-8-19(21)20-9-3-5-11-22(20)23/h2-5,8-11,17-18,23-24H,6-7,12-14,16H2,1H3,(H,29,34)(H,32,33). The molecule has 35 heavy (non-hydrogen) atoms. The highest BCUT2D eigenvalue weighted by Crippen LogP contribution is 2.44. The van der Waals surface area contributed by atoms with Gasteiger partial charge in [0.05, 0.1) is 6.07 Å². The van der Waals surface area contributed by atoms with E-state index in [2.05, 4.69) is 5.32 Å². The number of carboxylic acid groups (broad SMARTS) is 1. The van der Waals surface area contributed by atoms with Crippen molar-refractivity contribution in [3.63, 3.8) is 0 Å². The van der Waals surface area contributed by atoms with Gasteiger partial charge in [-0.15, -0.1) is 0 Å². The number of hydrogen-bond donors (Lipinski definition) is 2. The number of nitrogens with one attached hydrogen (secondary N) is 1. The number of carboxylic acids is 1. The molecule has 0 spiro atoms. The molecule has 2 unspecified atom stereocenters. The molecule has 2 aliphatic carbocycles. The number of ether oxygens (including phenoxy) is 1. The average Bonchev–Trinajstić information content (AvgIpc) is 3.64. The molecule has 4 rings (SSSR count). The van der Waals surface area contributed by atoms with Crippen LogP contribution in [0, 0.1) is 11.3 Å². The lowest BCUT2D eigenvalue weighted by Crippen LogP contribution is -2.54.